The van der Waals surface area contributed by atoms with Gasteiger partial charge in [-0.2, -0.15) is 10.2 Å². The molecular weight excluding hydrogens is 226 g/mol. The van der Waals surface area contributed by atoms with Gasteiger partial charge in [-0.25, -0.2) is 0 Å². The average Bonchev–Trinajstić information content (AvgIpc) is 2.83. The standard InChI is InChI=1S/C13H21N5/c1-10(2)9-18-11(3)7-13(16-18)14-8-12-5-6-17(4)15-12/h5-7,10H,8-9H2,1-4H3,(H,14,16). The predicted octanol–water partition coefficient (Wildman–Crippen LogP) is 2.19. The van der Waals surface area contributed by atoms with E-state index in [1.807, 2.05) is 24.0 Å². The molecule has 0 aromatic carbocycles. The van der Waals surface area contributed by atoms with Gasteiger partial charge < -0.3 is 5.32 Å². The number of hydrogen-bond acceptors (Lipinski definition) is 3. The van der Waals surface area contributed by atoms with Crippen LogP contribution in [0.2, 0.25) is 0 Å². The quantitative estimate of drug-likeness (QED) is 0.881. The molecule has 0 atom stereocenters. The largest absolute Gasteiger partial charge is 0.363 e. The predicted molar refractivity (Wildman–Crippen MR) is 72.3 cm³/mol. The van der Waals surface area contributed by atoms with Crippen LogP contribution in [-0.2, 0) is 20.1 Å². The van der Waals surface area contributed by atoms with Crippen molar-refractivity contribution in [2.75, 3.05) is 5.32 Å². The van der Waals surface area contributed by atoms with Crippen LogP contribution in [0, 0.1) is 12.8 Å². The van der Waals surface area contributed by atoms with Crippen molar-refractivity contribution in [1.82, 2.24) is 19.6 Å². The van der Waals surface area contributed by atoms with Crippen molar-refractivity contribution < 1.29 is 0 Å². The molecule has 0 saturated heterocycles. The highest BCUT2D eigenvalue weighted by Gasteiger charge is 2.06. The molecule has 0 saturated carbocycles. The van der Waals surface area contributed by atoms with Gasteiger partial charge in [-0.05, 0) is 18.9 Å². The first-order valence-corrected chi connectivity index (χ1v) is 6.31. The summed E-state index contributed by atoms with van der Waals surface area (Å²) in [6.45, 7) is 8.14. The van der Waals surface area contributed by atoms with Crippen molar-refractivity contribution in [3.63, 3.8) is 0 Å². The fourth-order valence-electron chi connectivity index (χ4n) is 1.87. The zero-order chi connectivity index (χ0) is 13.1. The van der Waals surface area contributed by atoms with Crippen LogP contribution in [0.25, 0.3) is 0 Å². The molecule has 0 aliphatic rings. The van der Waals surface area contributed by atoms with Crippen LogP contribution >= 0.6 is 0 Å². The van der Waals surface area contributed by atoms with Crippen molar-refractivity contribution in [3.05, 3.63) is 29.7 Å². The van der Waals surface area contributed by atoms with E-state index in [4.69, 9.17) is 0 Å². The van der Waals surface area contributed by atoms with Gasteiger partial charge in [0.05, 0.1) is 12.2 Å². The maximum Gasteiger partial charge on any atom is 0.148 e. The number of nitrogens with zero attached hydrogens (tertiary/aromatic N) is 4. The first-order chi connectivity index (χ1) is 8.54. The second kappa shape index (κ2) is 5.25. The van der Waals surface area contributed by atoms with E-state index in [2.05, 4.69) is 42.4 Å². The second-order valence-corrected chi connectivity index (χ2v) is 5.08. The number of nitrogens with one attached hydrogen (secondary N) is 1. The minimum atomic E-state index is 0.604. The molecule has 0 aliphatic heterocycles. The fourth-order valence-corrected chi connectivity index (χ4v) is 1.87. The molecular formula is C13H21N5. The molecule has 0 unspecified atom stereocenters. The highest BCUT2D eigenvalue weighted by atomic mass is 15.3. The smallest absolute Gasteiger partial charge is 0.148 e. The Morgan fingerprint density at radius 2 is 2.11 bits per heavy atom. The highest BCUT2D eigenvalue weighted by Crippen LogP contribution is 2.11. The number of aromatic nitrogens is 4. The maximum absolute atomic E-state index is 4.54. The number of hydrogen-bond donors (Lipinski definition) is 1. The molecule has 0 aliphatic carbocycles. The number of anilines is 1. The lowest BCUT2D eigenvalue weighted by atomic mass is 10.2. The van der Waals surface area contributed by atoms with Crippen LogP contribution in [0.1, 0.15) is 25.2 Å². The topological polar surface area (TPSA) is 47.7 Å². The van der Waals surface area contributed by atoms with Gasteiger partial charge in [-0.1, -0.05) is 13.8 Å². The van der Waals surface area contributed by atoms with Gasteiger partial charge in [0.2, 0.25) is 0 Å². The Morgan fingerprint density at radius 3 is 2.72 bits per heavy atom. The molecule has 2 heterocycles. The van der Waals surface area contributed by atoms with E-state index in [9.17, 15) is 0 Å². The summed E-state index contributed by atoms with van der Waals surface area (Å²) in [5, 5.41) is 12.2. The second-order valence-electron chi connectivity index (χ2n) is 5.08. The van der Waals surface area contributed by atoms with Crippen molar-refractivity contribution >= 4 is 5.82 Å². The number of aryl methyl sites for hydroxylation is 2. The summed E-state index contributed by atoms with van der Waals surface area (Å²) in [6, 6.07) is 4.08. The summed E-state index contributed by atoms with van der Waals surface area (Å²) in [4.78, 5) is 0. The molecule has 0 fully saturated rings. The van der Waals surface area contributed by atoms with Crippen LogP contribution in [0.4, 0.5) is 5.82 Å². The maximum atomic E-state index is 4.54. The minimum absolute atomic E-state index is 0.604. The molecule has 0 amide bonds. The lowest BCUT2D eigenvalue weighted by molar-refractivity contribution is 0.475. The van der Waals surface area contributed by atoms with E-state index in [1.54, 1.807) is 4.68 Å². The van der Waals surface area contributed by atoms with Crippen LogP contribution in [0.3, 0.4) is 0 Å². The first kappa shape index (κ1) is 12.7. The Hall–Kier alpha value is -1.78. The van der Waals surface area contributed by atoms with E-state index in [0.717, 1.165) is 18.1 Å². The number of rotatable bonds is 5. The fraction of sp³-hybridized carbons (Fsp3) is 0.538. The van der Waals surface area contributed by atoms with Gasteiger partial charge in [-0.15, -0.1) is 0 Å². The molecule has 2 aromatic heterocycles. The molecule has 2 rings (SSSR count). The molecule has 0 spiro atoms. The van der Waals surface area contributed by atoms with Gasteiger partial charge in [0.1, 0.15) is 5.82 Å². The normalized spacial score (nSPS) is 11.2. The molecule has 0 bridgehead atoms. The zero-order valence-corrected chi connectivity index (χ0v) is 11.5. The Kier molecular flexibility index (Phi) is 3.69. The summed E-state index contributed by atoms with van der Waals surface area (Å²) in [5.41, 5.74) is 2.21. The lowest BCUT2D eigenvalue weighted by Crippen LogP contribution is -2.08. The Balaban J connectivity index is 1.97. The van der Waals surface area contributed by atoms with Crippen LogP contribution < -0.4 is 5.32 Å². The molecule has 0 radical (unpaired) electrons. The molecule has 98 valence electrons. The Labute approximate surface area is 108 Å². The van der Waals surface area contributed by atoms with Crippen LogP contribution in [0.15, 0.2) is 18.3 Å². The van der Waals surface area contributed by atoms with Gasteiger partial charge in [-0.3, -0.25) is 9.36 Å². The van der Waals surface area contributed by atoms with Gasteiger partial charge in [0, 0.05) is 31.5 Å². The van der Waals surface area contributed by atoms with E-state index in [1.165, 1.54) is 5.69 Å². The summed E-state index contributed by atoms with van der Waals surface area (Å²) in [6.07, 6.45) is 1.94. The van der Waals surface area contributed by atoms with E-state index < -0.39 is 0 Å². The summed E-state index contributed by atoms with van der Waals surface area (Å²) in [7, 11) is 1.92. The van der Waals surface area contributed by atoms with Crippen LogP contribution in [-0.4, -0.2) is 19.6 Å². The van der Waals surface area contributed by atoms with E-state index in [-0.39, 0.29) is 0 Å². The van der Waals surface area contributed by atoms with E-state index in [0.29, 0.717) is 12.5 Å². The first-order valence-electron chi connectivity index (χ1n) is 6.31. The molecule has 1 N–H and O–H groups in total. The Bertz CT molecular complexity index is 509. The minimum Gasteiger partial charge on any atom is -0.363 e. The third kappa shape index (κ3) is 3.12. The van der Waals surface area contributed by atoms with Crippen molar-refractivity contribution in [3.8, 4) is 0 Å². The van der Waals surface area contributed by atoms with Crippen molar-refractivity contribution in [2.24, 2.45) is 13.0 Å². The third-order valence-electron chi connectivity index (χ3n) is 2.74. The van der Waals surface area contributed by atoms with Crippen LogP contribution in [0.5, 0.6) is 0 Å². The highest BCUT2D eigenvalue weighted by molar-refractivity contribution is 5.36. The third-order valence-corrected chi connectivity index (χ3v) is 2.74. The zero-order valence-electron chi connectivity index (χ0n) is 11.5. The van der Waals surface area contributed by atoms with Gasteiger partial charge >= 0.3 is 0 Å². The monoisotopic (exact) mass is 247 g/mol. The summed E-state index contributed by atoms with van der Waals surface area (Å²) < 4.78 is 3.85. The molecule has 2 aromatic rings. The average molecular weight is 247 g/mol. The molecule has 5 nitrogen and oxygen atoms in total. The van der Waals surface area contributed by atoms with Crippen molar-refractivity contribution in [1.29, 1.82) is 0 Å². The Morgan fingerprint density at radius 1 is 1.33 bits per heavy atom. The van der Waals surface area contributed by atoms with Crippen molar-refractivity contribution in [2.45, 2.75) is 33.9 Å². The van der Waals surface area contributed by atoms with Gasteiger partial charge in [0.25, 0.3) is 0 Å². The summed E-state index contributed by atoms with van der Waals surface area (Å²) in [5.74, 6) is 1.52. The lowest BCUT2D eigenvalue weighted by Gasteiger charge is -2.06. The molecule has 18 heavy (non-hydrogen) atoms. The summed E-state index contributed by atoms with van der Waals surface area (Å²) >= 11 is 0. The van der Waals surface area contributed by atoms with E-state index >= 15 is 0 Å². The van der Waals surface area contributed by atoms with Gasteiger partial charge in [0.15, 0.2) is 0 Å². The SMILES string of the molecule is Cc1cc(NCc2ccn(C)n2)nn1CC(C)C. The molecule has 5 heteroatoms.